The third-order valence-electron chi connectivity index (χ3n) is 3.97. The highest BCUT2D eigenvalue weighted by Gasteiger charge is 2.57. The molecule has 1 amide bonds. The lowest BCUT2D eigenvalue weighted by Gasteiger charge is -2.41. The molecule has 0 radical (unpaired) electrons. The van der Waals surface area contributed by atoms with Gasteiger partial charge in [-0.25, -0.2) is 4.99 Å². The summed E-state index contributed by atoms with van der Waals surface area (Å²) in [5, 5.41) is 0. The number of benzene rings is 1. The lowest BCUT2D eigenvalue weighted by atomic mass is 9.77. The number of nitrogens with zero attached hydrogens (tertiary/aromatic N) is 2. The van der Waals surface area contributed by atoms with Crippen LogP contribution in [0.2, 0.25) is 0 Å². The van der Waals surface area contributed by atoms with Crippen LogP contribution in [0.15, 0.2) is 27.7 Å². The van der Waals surface area contributed by atoms with Gasteiger partial charge in [0, 0.05) is 16.5 Å². The van der Waals surface area contributed by atoms with Crippen molar-refractivity contribution in [3.63, 3.8) is 0 Å². The Kier molecular flexibility index (Phi) is 3.63. The number of fused-ring (bicyclic) bond motifs is 2. The van der Waals surface area contributed by atoms with E-state index in [2.05, 4.69) is 20.9 Å². The predicted molar refractivity (Wildman–Crippen MR) is 84.5 cm³/mol. The first kappa shape index (κ1) is 17.1. The molecule has 1 unspecified atom stereocenters. The van der Waals surface area contributed by atoms with E-state index in [0.29, 0.717) is 20.7 Å². The zero-order valence-corrected chi connectivity index (χ0v) is 14.5. The number of amides is 1. The zero-order chi connectivity index (χ0) is 17.9. The van der Waals surface area contributed by atoms with Gasteiger partial charge in [0.05, 0.1) is 0 Å². The Morgan fingerprint density at radius 1 is 1.42 bits per heavy atom. The lowest BCUT2D eigenvalue weighted by Crippen LogP contribution is -2.51. The van der Waals surface area contributed by atoms with E-state index in [9.17, 15) is 18.0 Å². The summed E-state index contributed by atoms with van der Waals surface area (Å²) in [6.45, 7) is 2.05. The minimum atomic E-state index is -4.57. The zero-order valence-electron chi connectivity index (χ0n) is 12.9. The Labute approximate surface area is 144 Å². The van der Waals surface area contributed by atoms with Crippen LogP contribution in [-0.4, -0.2) is 35.1 Å². The molecule has 1 spiro atoms. The molecule has 1 atom stereocenters. The van der Waals surface area contributed by atoms with Crippen molar-refractivity contribution in [1.82, 2.24) is 4.90 Å². The number of halogens is 4. The van der Waals surface area contributed by atoms with Crippen molar-refractivity contribution < 1.29 is 22.7 Å². The SMILES string of the molecule is CC1(C)CC2(N=C(N)N(CC(F)(F)F)C2=O)c2cc(Br)ccc2O1. The molecule has 1 aromatic rings. The summed E-state index contributed by atoms with van der Waals surface area (Å²) in [5.41, 5.74) is 3.79. The maximum atomic E-state index is 12.9. The molecule has 2 aliphatic rings. The molecule has 24 heavy (non-hydrogen) atoms. The van der Waals surface area contributed by atoms with Gasteiger partial charge in [0.25, 0.3) is 5.91 Å². The van der Waals surface area contributed by atoms with Gasteiger partial charge in [-0.05, 0) is 32.0 Å². The second kappa shape index (κ2) is 5.11. The number of carbonyl (C=O) groups is 1. The number of nitrogens with two attached hydrogens (primary N) is 1. The Morgan fingerprint density at radius 3 is 2.71 bits per heavy atom. The molecular formula is C15H15BrF3N3O2. The number of carbonyl (C=O) groups excluding carboxylic acids is 1. The minimum absolute atomic E-state index is 0.0946. The van der Waals surface area contributed by atoms with Gasteiger partial charge in [-0.3, -0.25) is 9.69 Å². The second-order valence-electron chi connectivity index (χ2n) is 6.52. The highest BCUT2D eigenvalue weighted by Crippen LogP contribution is 2.49. The Bertz CT molecular complexity index is 748. The van der Waals surface area contributed by atoms with Crippen LogP contribution in [0.1, 0.15) is 25.8 Å². The van der Waals surface area contributed by atoms with Gasteiger partial charge >= 0.3 is 6.18 Å². The maximum absolute atomic E-state index is 12.9. The fourth-order valence-corrected chi connectivity index (χ4v) is 3.57. The lowest BCUT2D eigenvalue weighted by molar-refractivity contribution is -0.156. The van der Waals surface area contributed by atoms with E-state index in [1.165, 1.54) is 0 Å². The van der Waals surface area contributed by atoms with Crippen LogP contribution in [0.4, 0.5) is 13.2 Å². The summed E-state index contributed by atoms with van der Waals surface area (Å²) in [4.78, 5) is 17.6. The van der Waals surface area contributed by atoms with E-state index in [1.54, 1.807) is 32.0 Å². The highest BCUT2D eigenvalue weighted by molar-refractivity contribution is 9.10. The average molecular weight is 406 g/mol. The van der Waals surface area contributed by atoms with Crippen LogP contribution in [0.5, 0.6) is 5.75 Å². The number of aliphatic imine (C=N–C) groups is 1. The highest BCUT2D eigenvalue weighted by atomic mass is 79.9. The fraction of sp³-hybridized carbons (Fsp3) is 0.467. The summed E-state index contributed by atoms with van der Waals surface area (Å²) < 4.78 is 44.9. The van der Waals surface area contributed by atoms with Crippen LogP contribution in [0.3, 0.4) is 0 Å². The van der Waals surface area contributed by atoms with Crippen LogP contribution in [0.25, 0.3) is 0 Å². The molecule has 130 valence electrons. The van der Waals surface area contributed by atoms with Gasteiger partial charge < -0.3 is 10.5 Å². The Hall–Kier alpha value is -1.77. The van der Waals surface area contributed by atoms with Crippen LogP contribution in [0, 0.1) is 0 Å². The Morgan fingerprint density at radius 2 is 2.08 bits per heavy atom. The molecule has 1 aromatic carbocycles. The first-order chi connectivity index (χ1) is 10.9. The van der Waals surface area contributed by atoms with Crippen LogP contribution >= 0.6 is 15.9 Å². The van der Waals surface area contributed by atoms with E-state index in [-0.39, 0.29) is 6.42 Å². The summed E-state index contributed by atoms with van der Waals surface area (Å²) in [6, 6.07) is 5.03. The quantitative estimate of drug-likeness (QED) is 0.780. The molecule has 9 heteroatoms. The van der Waals surface area contributed by atoms with Crippen LogP contribution < -0.4 is 10.5 Å². The normalized spacial score (nSPS) is 25.5. The number of ether oxygens (including phenoxy) is 1. The van der Waals surface area contributed by atoms with Gasteiger partial charge in [0.1, 0.15) is 17.9 Å². The summed E-state index contributed by atoms with van der Waals surface area (Å²) in [5.74, 6) is -0.804. The summed E-state index contributed by atoms with van der Waals surface area (Å²) in [7, 11) is 0. The van der Waals surface area contributed by atoms with E-state index in [0.717, 1.165) is 0 Å². The van der Waals surface area contributed by atoms with Crippen molar-refractivity contribution in [2.24, 2.45) is 10.7 Å². The van der Waals surface area contributed by atoms with E-state index in [4.69, 9.17) is 10.5 Å². The van der Waals surface area contributed by atoms with Gasteiger partial charge in [0.15, 0.2) is 11.5 Å². The van der Waals surface area contributed by atoms with Gasteiger partial charge in [-0.2, -0.15) is 13.2 Å². The smallest absolute Gasteiger partial charge is 0.406 e. The Balaban J connectivity index is 2.14. The van der Waals surface area contributed by atoms with Gasteiger partial charge in [-0.1, -0.05) is 15.9 Å². The van der Waals surface area contributed by atoms with Crippen molar-refractivity contribution in [3.05, 3.63) is 28.2 Å². The standard InChI is InChI=1S/C15H15BrF3N3O2/c1-13(2)6-14(9-5-8(16)3-4-10(9)24-13)11(23)22(12(20)21-14)7-15(17,18)19/h3-5H,6-7H2,1-2H3,(H2,20,21). The number of rotatable bonds is 1. The molecular weight excluding hydrogens is 391 g/mol. The molecule has 3 rings (SSSR count). The van der Waals surface area contributed by atoms with Crippen molar-refractivity contribution in [2.45, 2.75) is 37.6 Å². The maximum Gasteiger partial charge on any atom is 0.406 e. The molecule has 5 nitrogen and oxygen atoms in total. The molecule has 2 heterocycles. The largest absolute Gasteiger partial charge is 0.487 e. The first-order valence-corrected chi connectivity index (χ1v) is 7.96. The molecule has 0 saturated carbocycles. The van der Waals surface area contributed by atoms with E-state index < -0.39 is 35.7 Å². The van der Waals surface area contributed by atoms with E-state index >= 15 is 0 Å². The number of hydrogen-bond donors (Lipinski definition) is 1. The van der Waals surface area contributed by atoms with Crippen molar-refractivity contribution in [1.29, 1.82) is 0 Å². The molecule has 0 saturated heterocycles. The monoisotopic (exact) mass is 405 g/mol. The number of alkyl halides is 3. The molecule has 0 bridgehead atoms. The van der Waals surface area contributed by atoms with E-state index in [1.807, 2.05) is 0 Å². The molecule has 0 aliphatic carbocycles. The second-order valence-corrected chi connectivity index (χ2v) is 7.43. The van der Waals surface area contributed by atoms with Crippen LogP contribution in [-0.2, 0) is 10.3 Å². The molecule has 2 aliphatic heterocycles. The fourth-order valence-electron chi connectivity index (χ4n) is 3.21. The molecule has 0 aromatic heterocycles. The van der Waals surface area contributed by atoms with Gasteiger partial charge in [0.2, 0.25) is 0 Å². The van der Waals surface area contributed by atoms with Crippen molar-refractivity contribution in [3.8, 4) is 5.75 Å². The third-order valence-corrected chi connectivity index (χ3v) is 4.47. The number of hydrogen-bond acceptors (Lipinski definition) is 4. The molecule has 2 N–H and O–H groups in total. The first-order valence-electron chi connectivity index (χ1n) is 7.17. The number of guanidine groups is 1. The average Bonchev–Trinajstić information content (AvgIpc) is 2.63. The summed E-state index contributed by atoms with van der Waals surface area (Å²) >= 11 is 3.31. The third kappa shape index (κ3) is 2.74. The molecule has 0 fully saturated rings. The summed E-state index contributed by atoms with van der Waals surface area (Å²) in [6.07, 6.45) is -4.47. The predicted octanol–water partition coefficient (Wildman–Crippen LogP) is 2.92. The van der Waals surface area contributed by atoms with Crippen molar-refractivity contribution >= 4 is 27.8 Å². The van der Waals surface area contributed by atoms with Gasteiger partial charge in [-0.15, -0.1) is 0 Å². The minimum Gasteiger partial charge on any atom is -0.487 e. The van der Waals surface area contributed by atoms with Crippen molar-refractivity contribution in [2.75, 3.05) is 6.54 Å². The topological polar surface area (TPSA) is 67.9 Å².